The van der Waals surface area contributed by atoms with E-state index in [9.17, 15) is 0 Å². The number of aromatic nitrogens is 4. The normalized spacial score (nSPS) is 18.2. The van der Waals surface area contributed by atoms with Crippen LogP contribution in [0.15, 0.2) is 0 Å². The number of aryl methyl sites for hydroxylation is 1. The maximum atomic E-state index is 4.07. The highest BCUT2D eigenvalue weighted by Crippen LogP contribution is 2.01. The van der Waals surface area contributed by atoms with Crippen LogP contribution in [0.4, 0.5) is 0 Å². The summed E-state index contributed by atoms with van der Waals surface area (Å²) in [5.74, 6) is 0.985. The van der Waals surface area contributed by atoms with Gasteiger partial charge in [-0.05, 0) is 16.8 Å². The van der Waals surface area contributed by atoms with Gasteiger partial charge >= 0.3 is 0 Å². The van der Waals surface area contributed by atoms with Crippen molar-refractivity contribution in [2.75, 3.05) is 26.2 Å². The van der Waals surface area contributed by atoms with Crippen LogP contribution in [0, 0.1) is 0 Å². The Morgan fingerprint density at radius 2 is 2.13 bits per heavy atom. The van der Waals surface area contributed by atoms with Crippen LogP contribution >= 0.6 is 0 Å². The number of hydrogen-bond acceptors (Lipinski definition) is 5. The average Bonchev–Trinajstić information content (AvgIpc) is 2.68. The third-order valence-electron chi connectivity index (χ3n) is 2.62. The molecule has 2 rings (SSSR count). The lowest BCUT2D eigenvalue weighted by molar-refractivity contribution is 0.223. The lowest BCUT2D eigenvalue weighted by Gasteiger charge is -2.26. The molecular weight excluding hydrogens is 192 g/mol. The number of nitrogens with one attached hydrogen (secondary N) is 1. The zero-order chi connectivity index (χ0) is 10.5. The summed E-state index contributed by atoms with van der Waals surface area (Å²) in [6.07, 6.45) is 1.07. The SMILES string of the molecule is CCCn1nnnc1CN1CCNCC1. The Morgan fingerprint density at radius 1 is 1.33 bits per heavy atom. The van der Waals surface area contributed by atoms with E-state index < -0.39 is 0 Å². The van der Waals surface area contributed by atoms with Crippen LogP contribution in [0.2, 0.25) is 0 Å². The Balaban J connectivity index is 1.93. The van der Waals surface area contributed by atoms with Crippen molar-refractivity contribution in [3.05, 3.63) is 5.82 Å². The van der Waals surface area contributed by atoms with Crippen LogP contribution in [0.1, 0.15) is 19.2 Å². The number of rotatable bonds is 4. The summed E-state index contributed by atoms with van der Waals surface area (Å²) in [6.45, 7) is 8.21. The average molecular weight is 210 g/mol. The van der Waals surface area contributed by atoms with Crippen molar-refractivity contribution in [2.45, 2.75) is 26.4 Å². The molecule has 6 heteroatoms. The Morgan fingerprint density at radius 3 is 2.87 bits per heavy atom. The predicted molar refractivity (Wildman–Crippen MR) is 56.3 cm³/mol. The molecule has 2 heterocycles. The van der Waals surface area contributed by atoms with Crippen LogP contribution in [0.5, 0.6) is 0 Å². The van der Waals surface area contributed by atoms with Gasteiger partial charge in [0.1, 0.15) is 0 Å². The molecule has 0 bridgehead atoms. The quantitative estimate of drug-likeness (QED) is 0.725. The Bertz CT molecular complexity index is 291. The fourth-order valence-electron chi connectivity index (χ4n) is 1.79. The highest BCUT2D eigenvalue weighted by atomic mass is 15.5. The molecule has 0 saturated carbocycles. The smallest absolute Gasteiger partial charge is 0.165 e. The molecule has 0 atom stereocenters. The molecule has 6 nitrogen and oxygen atoms in total. The van der Waals surface area contributed by atoms with Gasteiger partial charge in [-0.25, -0.2) is 4.68 Å². The van der Waals surface area contributed by atoms with E-state index in [1.807, 2.05) is 4.68 Å². The van der Waals surface area contributed by atoms with E-state index in [2.05, 4.69) is 32.7 Å². The number of piperazine rings is 1. The third kappa shape index (κ3) is 2.73. The Kier molecular flexibility index (Phi) is 3.63. The van der Waals surface area contributed by atoms with E-state index >= 15 is 0 Å². The van der Waals surface area contributed by atoms with Gasteiger partial charge in [0.25, 0.3) is 0 Å². The molecule has 1 aliphatic heterocycles. The summed E-state index contributed by atoms with van der Waals surface area (Å²) in [7, 11) is 0. The van der Waals surface area contributed by atoms with Gasteiger partial charge in [0.2, 0.25) is 0 Å². The molecule has 1 fully saturated rings. The molecule has 84 valence electrons. The van der Waals surface area contributed by atoms with Crippen molar-refractivity contribution < 1.29 is 0 Å². The lowest BCUT2D eigenvalue weighted by Crippen LogP contribution is -2.43. The minimum atomic E-state index is 0.870. The molecule has 1 aliphatic rings. The molecule has 1 saturated heterocycles. The van der Waals surface area contributed by atoms with Gasteiger partial charge in [-0.15, -0.1) is 5.10 Å². The first-order valence-corrected chi connectivity index (χ1v) is 5.58. The van der Waals surface area contributed by atoms with Gasteiger partial charge < -0.3 is 5.32 Å². The standard InChI is InChI=1S/C9H18N6/c1-2-5-15-9(11-12-13-15)8-14-6-3-10-4-7-14/h10H,2-8H2,1H3. The van der Waals surface area contributed by atoms with Crippen LogP contribution in [-0.4, -0.2) is 51.3 Å². The first-order valence-electron chi connectivity index (χ1n) is 5.58. The molecule has 0 unspecified atom stereocenters. The zero-order valence-corrected chi connectivity index (χ0v) is 9.19. The second kappa shape index (κ2) is 5.18. The fraction of sp³-hybridized carbons (Fsp3) is 0.889. The molecule has 0 aromatic carbocycles. The van der Waals surface area contributed by atoms with Crippen molar-refractivity contribution in [3.63, 3.8) is 0 Å². The first-order chi connectivity index (χ1) is 7.40. The second-order valence-electron chi connectivity index (χ2n) is 3.84. The minimum Gasteiger partial charge on any atom is -0.314 e. The summed E-state index contributed by atoms with van der Waals surface area (Å²) >= 11 is 0. The van der Waals surface area contributed by atoms with E-state index in [1.165, 1.54) is 0 Å². The molecule has 0 spiro atoms. The lowest BCUT2D eigenvalue weighted by atomic mass is 10.3. The maximum absolute atomic E-state index is 4.07. The van der Waals surface area contributed by atoms with Crippen LogP contribution < -0.4 is 5.32 Å². The molecule has 0 aliphatic carbocycles. The number of hydrogen-bond donors (Lipinski definition) is 1. The second-order valence-corrected chi connectivity index (χ2v) is 3.84. The van der Waals surface area contributed by atoms with Crippen LogP contribution in [-0.2, 0) is 13.1 Å². The number of nitrogens with zero attached hydrogens (tertiary/aromatic N) is 5. The Labute approximate surface area is 89.6 Å². The number of tetrazole rings is 1. The van der Waals surface area contributed by atoms with Gasteiger partial charge in [0, 0.05) is 32.7 Å². The van der Waals surface area contributed by atoms with Gasteiger partial charge in [-0.1, -0.05) is 6.92 Å². The highest BCUT2D eigenvalue weighted by molar-refractivity contribution is 4.82. The largest absolute Gasteiger partial charge is 0.314 e. The topological polar surface area (TPSA) is 58.9 Å². The summed E-state index contributed by atoms with van der Waals surface area (Å²) in [5.41, 5.74) is 0. The maximum Gasteiger partial charge on any atom is 0.165 e. The van der Waals surface area contributed by atoms with Crippen molar-refractivity contribution in [1.29, 1.82) is 0 Å². The predicted octanol–water partition coefficient (Wildman–Crippen LogP) is -0.512. The fourth-order valence-corrected chi connectivity index (χ4v) is 1.79. The summed E-state index contributed by atoms with van der Waals surface area (Å²) < 4.78 is 1.90. The first kappa shape index (κ1) is 10.5. The summed E-state index contributed by atoms with van der Waals surface area (Å²) in [5, 5.41) is 15.1. The van der Waals surface area contributed by atoms with Crippen molar-refractivity contribution >= 4 is 0 Å². The van der Waals surface area contributed by atoms with Crippen molar-refractivity contribution in [3.8, 4) is 0 Å². The highest BCUT2D eigenvalue weighted by Gasteiger charge is 2.13. The Hall–Kier alpha value is -1.01. The molecule has 1 aromatic heterocycles. The monoisotopic (exact) mass is 210 g/mol. The molecule has 1 N–H and O–H groups in total. The van der Waals surface area contributed by atoms with E-state index in [0.29, 0.717) is 0 Å². The van der Waals surface area contributed by atoms with E-state index in [1.54, 1.807) is 0 Å². The summed E-state index contributed by atoms with van der Waals surface area (Å²) in [6, 6.07) is 0. The zero-order valence-electron chi connectivity index (χ0n) is 9.19. The molecule has 0 radical (unpaired) electrons. The minimum absolute atomic E-state index is 0.870. The van der Waals surface area contributed by atoms with E-state index in [4.69, 9.17) is 0 Å². The molecule has 0 amide bonds. The van der Waals surface area contributed by atoms with Crippen LogP contribution in [0.25, 0.3) is 0 Å². The van der Waals surface area contributed by atoms with E-state index in [0.717, 1.165) is 51.5 Å². The third-order valence-corrected chi connectivity index (χ3v) is 2.62. The van der Waals surface area contributed by atoms with E-state index in [-0.39, 0.29) is 0 Å². The van der Waals surface area contributed by atoms with Crippen molar-refractivity contribution in [2.24, 2.45) is 0 Å². The van der Waals surface area contributed by atoms with Gasteiger partial charge in [0.15, 0.2) is 5.82 Å². The van der Waals surface area contributed by atoms with Crippen LogP contribution in [0.3, 0.4) is 0 Å². The van der Waals surface area contributed by atoms with Crippen molar-refractivity contribution in [1.82, 2.24) is 30.4 Å². The van der Waals surface area contributed by atoms with Gasteiger partial charge in [0.05, 0.1) is 6.54 Å². The molecule has 15 heavy (non-hydrogen) atoms. The molecular formula is C9H18N6. The van der Waals surface area contributed by atoms with Gasteiger partial charge in [-0.3, -0.25) is 4.90 Å². The molecule has 1 aromatic rings. The summed E-state index contributed by atoms with van der Waals surface area (Å²) in [4.78, 5) is 2.38. The van der Waals surface area contributed by atoms with Gasteiger partial charge in [-0.2, -0.15) is 0 Å².